The van der Waals surface area contributed by atoms with Crippen LogP contribution in [0.25, 0.3) is 17.0 Å². The molecule has 4 aromatic rings. The zero-order valence-electron chi connectivity index (χ0n) is 15.5. The molecule has 0 saturated heterocycles. The number of nitrogens with one attached hydrogen (secondary N) is 1. The second-order valence-corrected chi connectivity index (χ2v) is 6.68. The molecule has 0 aliphatic carbocycles. The van der Waals surface area contributed by atoms with Gasteiger partial charge in [-0.15, -0.1) is 15.3 Å². The van der Waals surface area contributed by atoms with Gasteiger partial charge >= 0.3 is 0 Å². The molecule has 7 nitrogen and oxygen atoms in total. The minimum Gasteiger partial charge on any atom is -0.490 e. The van der Waals surface area contributed by atoms with Gasteiger partial charge in [0.05, 0.1) is 18.8 Å². The molecule has 2 aromatic heterocycles. The number of hydrogen-bond donors (Lipinski definition) is 1. The number of ether oxygens (including phenoxy) is 2. The fourth-order valence-electron chi connectivity index (χ4n) is 3.20. The van der Waals surface area contributed by atoms with Crippen molar-refractivity contribution >= 4 is 11.5 Å². The number of benzene rings is 2. The van der Waals surface area contributed by atoms with Gasteiger partial charge in [0.2, 0.25) is 0 Å². The molecule has 0 fully saturated rings. The van der Waals surface area contributed by atoms with Crippen LogP contribution in [0, 0.1) is 5.82 Å². The summed E-state index contributed by atoms with van der Waals surface area (Å²) in [6.45, 7) is 1.86. The van der Waals surface area contributed by atoms with Crippen molar-refractivity contribution in [3.8, 4) is 22.9 Å². The van der Waals surface area contributed by atoms with Gasteiger partial charge in [0, 0.05) is 13.0 Å². The summed E-state index contributed by atoms with van der Waals surface area (Å²) in [5, 5.41) is 16.0. The first-order valence-electron chi connectivity index (χ1n) is 9.38. The lowest BCUT2D eigenvalue weighted by Gasteiger charge is -2.10. The fourth-order valence-corrected chi connectivity index (χ4v) is 3.20. The Hall–Kier alpha value is -3.68. The summed E-state index contributed by atoms with van der Waals surface area (Å²) in [5.74, 6) is 2.14. The van der Waals surface area contributed by atoms with Gasteiger partial charge in [-0.25, -0.2) is 4.39 Å². The van der Waals surface area contributed by atoms with Crippen molar-refractivity contribution in [1.29, 1.82) is 0 Å². The van der Waals surface area contributed by atoms with Gasteiger partial charge in [0.15, 0.2) is 23.0 Å². The van der Waals surface area contributed by atoms with E-state index in [0.717, 1.165) is 23.5 Å². The molecule has 3 heterocycles. The Morgan fingerprint density at radius 1 is 0.966 bits per heavy atom. The number of rotatable bonds is 4. The number of fused-ring (bicyclic) bond motifs is 2. The molecule has 0 atom stereocenters. The van der Waals surface area contributed by atoms with Crippen molar-refractivity contribution in [2.45, 2.75) is 13.0 Å². The highest BCUT2D eigenvalue weighted by Gasteiger charge is 2.14. The third-order valence-corrected chi connectivity index (χ3v) is 4.66. The Kier molecular flexibility index (Phi) is 4.44. The highest BCUT2D eigenvalue weighted by atomic mass is 19.1. The number of halogens is 1. The zero-order valence-corrected chi connectivity index (χ0v) is 15.5. The average molecular weight is 391 g/mol. The molecule has 0 radical (unpaired) electrons. The standard InChI is InChI=1S/C21H18FN5O2/c22-16-5-2-1-4-15(16)21-25-24-20-9-8-19(26-27(20)21)23-13-14-6-7-17-18(12-14)29-11-3-10-28-17/h1-2,4-9,12H,3,10-11,13H2,(H,23,26). The SMILES string of the molecule is Fc1ccccc1-c1nnc2ccc(NCc3ccc4c(c3)OCCCO4)nn12. The average Bonchev–Trinajstić information content (AvgIpc) is 3.01. The molecule has 1 aliphatic heterocycles. The van der Waals surface area contributed by atoms with Crippen molar-refractivity contribution in [3.63, 3.8) is 0 Å². The van der Waals surface area contributed by atoms with Crippen molar-refractivity contribution in [1.82, 2.24) is 19.8 Å². The van der Waals surface area contributed by atoms with Crippen molar-refractivity contribution in [3.05, 3.63) is 66.0 Å². The number of hydrogen-bond acceptors (Lipinski definition) is 6. The zero-order chi connectivity index (χ0) is 19.6. The van der Waals surface area contributed by atoms with Crippen LogP contribution in [0.15, 0.2) is 54.6 Å². The maximum atomic E-state index is 14.2. The Labute approximate surface area is 166 Å². The summed E-state index contributed by atoms with van der Waals surface area (Å²) in [4.78, 5) is 0. The highest BCUT2D eigenvalue weighted by molar-refractivity contribution is 5.60. The summed E-state index contributed by atoms with van der Waals surface area (Å²) in [6.07, 6.45) is 0.871. The number of anilines is 1. The van der Waals surface area contributed by atoms with E-state index in [1.165, 1.54) is 10.6 Å². The minimum absolute atomic E-state index is 0.354. The molecule has 0 bridgehead atoms. The Bertz CT molecular complexity index is 1180. The summed E-state index contributed by atoms with van der Waals surface area (Å²) < 4.78 is 27.1. The molecule has 1 aliphatic rings. The Morgan fingerprint density at radius 2 is 1.83 bits per heavy atom. The predicted octanol–water partition coefficient (Wildman–Crippen LogP) is 3.70. The van der Waals surface area contributed by atoms with Crippen LogP contribution < -0.4 is 14.8 Å². The van der Waals surface area contributed by atoms with Gasteiger partial charge in [-0.1, -0.05) is 18.2 Å². The third-order valence-electron chi connectivity index (χ3n) is 4.66. The molecule has 2 aromatic carbocycles. The number of nitrogens with zero attached hydrogens (tertiary/aromatic N) is 4. The molecular formula is C21H18FN5O2. The van der Waals surface area contributed by atoms with E-state index >= 15 is 0 Å². The van der Waals surface area contributed by atoms with Crippen LogP contribution in [0.1, 0.15) is 12.0 Å². The van der Waals surface area contributed by atoms with E-state index in [1.54, 1.807) is 24.3 Å². The molecule has 0 saturated carbocycles. The second kappa shape index (κ2) is 7.38. The maximum Gasteiger partial charge on any atom is 0.188 e. The molecule has 1 N–H and O–H groups in total. The largest absolute Gasteiger partial charge is 0.490 e. The molecule has 0 unspecified atom stereocenters. The molecular weight excluding hydrogens is 373 g/mol. The molecule has 29 heavy (non-hydrogen) atoms. The van der Waals surface area contributed by atoms with Crippen molar-refractivity contribution in [2.75, 3.05) is 18.5 Å². The first kappa shape index (κ1) is 17.4. The first-order valence-corrected chi connectivity index (χ1v) is 9.38. The minimum atomic E-state index is -0.367. The van der Waals surface area contributed by atoms with Crippen LogP contribution in [-0.4, -0.2) is 33.0 Å². The number of aromatic nitrogens is 4. The van der Waals surface area contributed by atoms with E-state index in [4.69, 9.17) is 9.47 Å². The predicted molar refractivity (Wildman–Crippen MR) is 106 cm³/mol. The summed E-state index contributed by atoms with van der Waals surface area (Å²) >= 11 is 0. The van der Waals surface area contributed by atoms with Gasteiger partial charge in [-0.2, -0.15) is 4.52 Å². The quantitative estimate of drug-likeness (QED) is 0.572. The smallest absolute Gasteiger partial charge is 0.188 e. The topological polar surface area (TPSA) is 73.6 Å². The molecule has 5 rings (SSSR count). The summed E-state index contributed by atoms with van der Waals surface area (Å²) in [5.41, 5.74) is 1.94. The third kappa shape index (κ3) is 3.44. The molecule has 146 valence electrons. The molecule has 0 amide bonds. The van der Waals surface area contributed by atoms with E-state index in [1.807, 2.05) is 24.3 Å². The highest BCUT2D eigenvalue weighted by Crippen LogP contribution is 2.30. The molecule has 0 spiro atoms. The van der Waals surface area contributed by atoms with Gasteiger partial charge in [-0.3, -0.25) is 0 Å². The lowest BCUT2D eigenvalue weighted by Crippen LogP contribution is -2.05. The van der Waals surface area contributed by atoms with Crippen LogP contribution in [0.2, 0.25) is 0 Å². The van der Waals surface area contributed by atoms with E-state index in [0.29, 0.717) is 42.6 Å². The van der Waals surface area contributed by atoms with E-state index < -0.39 is 0 Å². The Morgan fingerprint density at radius 3 is 2.72 bits per heavy atom. The lowest BCUT2D eigenvalue weighted by atomic mass is 10.2. The van der Waals surface area contributed by atoms with Crippen LogP contribution in [0.5, 0.6) is 11.5 Å². The van der Waals surface area contributed by atoms with Crippen LogP contribution >= 0.6 is 0 Å². The van der Waals surface area contributed by atoms with Crippen molar-refractivity contribution < 1.29 is 13.9 Å². The van der Waals surface area contributed by atoms with Crippen LogP contribution in [-0.2, 0) is 6.54 Å². The normalized spacial score (nSPS) is 13.3. The van der Waals surface area contributed by atoms with Crippen molar-refractivity contribution in [2.24, 2.45) is 0 Å². The van der Waals surface area contributed by atoms with Gasteiger partial charge in [0.25, 0.3) is 0 Å². The van der Waals surface area contributed by atoms with Gasteiger partial charge in [0.1, 0.15) is 11.6 Å². The summed E-state index contributed by atoms with van der Waals surface area (Å²) in [6, 6.07) is 15.9. The first-order chi connectivity index (χ1) is 14.3. The Balaban J connectivity index is 1.39. The monoisotopic (exact) mass is 391 g/mol. The second-order valence-electron chi connectivity index (χ2n) is 6.68. The molecule has 8 heteroatoms. The lowest BCUT2D eigenvalue weighted by molar-refractivity contribution is 0.297. The van der Waals surface area contributed by atoms with Crippen LogP contribution in [0.3, 0.4) is 0 Å². The van der Waals surface area contributed by atoms with Crippen LogP contribution in [0.4, 0.5) is 10.2 Å². The maximum absolute atomic E-state index is 14.2. The van der Waals surface area contributed by atoms with E-state index in [2.05, 4.69) is 20.6 Å². The fraction of sp³-hybridized carbons (Fsp3) is 0.190. The van der Waals surface area contributed by atoms with E-state index in [9.17, 15) is 4.39 Å². The van der Waals surface area contributed by atoms with Gasteiger partial charge in [-0.05, 0) is 42.0 Å². The van der Waals surface area contributed by atoms with Gasteiger partial charge < -0.3 is 14.8 Å². The summed E-state index contributed by atoms with van der Waals surface area (Å²) in [7, 11) is 0. The van der Waals surface area contributed by atoms with E-state index in [-0.39, 0.29) is 5.82 Å².